The molecule has 3 heteroatoms. The molecule has 1 fully saturated rings. The average molecular weight is 208 g/mol. The van der Waals surface area contributed by atoms with E-state index in [1.54, 1.807) is 6.92 Å². The minimum Gasteiger partial charge on any atom is -0.383 e. The minimum absolute atomic E-state index is 0.284. The van der Waals surface area contributed by atoms with Gasteiger partial charge in [-0.25, -0.2) is 0 Å². The van der Waals surface area contributed by atoms with Crippen LogP contribution < -0.4 is 0 Å². The van der Waals surface area contributed by atoms with Gasteiger partial charge in [-0.1, -0.05) is 30.3 Å². The van der Waals surface area contributed by atoms with Crippen LogP contribution >= 0.6 is 0 Å². The maximum absolute atomic E-state index is 10.4. The van der Waals surface area contributed by atoms with Crippen LogP contribution in [0, 0.1) is 0 Å². The molecule has 3 nitrogen and oxygen atoms in total. The molecule has 1 heterocycles. The van der Waals surface area contributed by atoms with Crippen LogP contribution in [-0.2, 0) is 15.1 Å². The van der Waals surface area contributed by atoms with Crippen molar-refractivity contribution in [2.24, 2.45) is 0 Å². The van der Waals surface area contributed by atoms with Crippen molar-refractivity contribution in [1.29, 1.82) is 0 Å². The Hall–Kier alpha value is -0.900. The molecule has 82 valence electrons. The first-order chi connectivity index (χ1) is 7.21. The molecule has 2 rings (SSSR count). The quantitative estimate of drug-likeness (QED) is 0.796. The third kappa shape index (κ3) is 2.20. The van der Waals surface area contributed by atoms with Gasteiger partial charge in [-0.15, -0.1) is 0 Å². The summed E-state index contributed by atoms with van der Waals surface area (Å²) >= 11 is 0. The standard InChI is InChI=1S/C12H16O3/c1-12(13,10-5-3-2-4-6-10)11-9-14-7-8-15-11/h2-6,11,13H,7-9H2,1H3/t11-,12+/m1/s1. The lowest BCUT2D eigenvalue weighted by atomic mass is 9.90. The summed E-state index contributed by atoms with van der Waals surface area (Å²) in [6, 6.07) is 9.55. The predicted molar refractivity (Wildman–Crippen MR) is 56.6 cm³/mol. The Morgan fingerprint density at radius 3 is 2.60 bits per heavy atom. The maximum Gasteiger partial charge on any atom is 0.115 e. The van der Waals surface area contributed by atoms with Gasteiger partial charge in [0, 0.05) is 0 Å². The third-order valence-electron chi connectivity index (χ3n) is 2.80. The van der Waals surface area contributed by atoms with E-state index in [0.717, 1.165) is 5.56 Å². The van der Waals surface area contributed by atoms with Crippen LogP contribution in [0.5, 0.6) is 0 Å². The molecule has 0 unspecified atom stereocenters. The van der Waals surface area contributed by atoms with Crippen molar-refractivity contribution in [3.05, 3.63) is 35.9 Å². The van der Waals surface area contributed by atoms with Crippen LogP contribution in [0.2, 0.25) is 0 Å². The fourth-order valence-corrected chi connectivity index (χ4v) is 1.77. The molecule has 0 aliphatic carbocycles. The Labute approximate surface area is 89.6 Å². The highest BCUT2D eigenvalue weighted by Crippen LogP contribution is 2.27. The molecule has 1 saturated heterocycles. The topological polar surface area (TPSA) is 38.7 Å². The molecule has 0 bridgehead atoms. The summed E-state index contributed by atoms with van der Waals surface area (Å²) in [5.41, 5.74) is -0.123. The molecule has 1 N–H and O–H groups in total. The second kappa shape index (κ2) is 4.31. The Morgan fingerprint density at radius 1 is 1.27 bits per heavy atom. The van der Waals surface area contributed by atoms with E-state index in [4.69, 9.17) is 9.47 Å². The summed E-state index contributed by atoms with van der Waals surface area (Å²) in [6.45, 7) is 3.37. The van der Waals surface area contributed by atoms with Gasteiger partial charge in [0.25, 0.3) is 0 Å². The molecule has 1 aliphatic heterocycles. The highest BCUT2D eigenvalue weighted by molar-refractivity contribution is 5.23. The highest BCUT2D eigenvalue weighted by Gasteiger charge is 2.36. The predicted octanol–water partition coefficient (Wildman–Crippen LogP) is 1.31. The van der Waals surface area contributed by atoms with E-state index in [-0.39, 0.29) is 6.10 Å². The lowest BCUT2D eigenvalue weighted by Gasteiger charge is -2.35. The van der Waals surface area contributed by atoms with Gasteiger partial charge in [0.05, 0.1) is 19.8 Å². The van der Waals surface area contributed by atoms with Crippen LogP contribution in [0.1, 0.15) is 12.5 Å². The Kier molecular flexibility index (Phi) is 3.05. The molecular weight excluding hydrogens is 192 g/mol. The second-order valence-electron chi connectivity index (χ2n) is 3.95. The van der Waals surface area contributed by atoms with E-state index in [1.165, 1.54) is 0 Å². The lowest BCUT2D eigenvalue weighted by Crippen LogP contribution is -2.45. The largest absolute Gasteiger partial charge is 0.383 e. The van der Waals surface area contributed by atoms with Crippen molar-refractivity contribution in [3.63, 3.8) is 0 Å². The fourth-order valence-electron chi connectivity index (χ4n) is 1.77. The first-order valence-electron chi connectivity index (χ1n) is 5.18. The zero-order valence-electron chi connectivity index (χ0n) is 8.85. The maximum atomic E-state index is 10.4. The molecule has 0 radical (unpaired) electrons. The molecule has 1 aromatic rings. The van der Waals surface area contributed by atoms with Crippen LogP contribution in [-0.4, -0.2) is 31.0 Å². The van der Waals surface area contributed by atoms with Crippen molar-refractivity contribution < 1.29 is 14.6 Å². The van der Waals surface area contributed by atoms with Crippen molar-refractivity contribution in [1.82, 2.24) is 0 Å². The molecule has 0 saturated carbocycles. The van der Waals surface area contributed by atoms with E-state index in [9.17, 15) is 5.11 Å². The zero-order chi connectivity index (χ0) is 10.7. The molecule has 0 aromatic heterocycles. The van der Waals surface area contributed by atoms with Crippen molar-refractivity contribution in [2.45, 2.75) is 18.6 Å². The van der Waals surface area contributed by atoms with Crippen LogP contribution in [0.3, 0.4) is 0 Å². The smallest absolute Gasteiger partial charge is 0.115 e. The van der Waals surface area contributed by atoms with Crippen LogP contribution in [0.25, 0.3) is 0 Å². The normalized spacial score (nSPS) is 25.9. The van der Waals surface area contributed by atoms with Crippen molar-refractivity contribution in [2.75, 3.05) is 19.8 Å². The number of rotatable bonds is 2. The van der Waals surface area contributed by atoms with Gasteiger partial charge in [0.1, 0.15) is 11.7 Å². The van der Waals surface area contributed by atoms with E-state index in [2.05, 4.69) is 0 Å². The summed E-state index contributed by atoms with van der Waals surface area (Å²) in [5.74, 6) is 0. The first kappa shape index (κ1) is 10.6. The van der Waals surface area contributed by atoms with E-state index in [0.29, 0.717) is 19.8 Å². The molecule has 1 aromatic carbocycles. The molecular formula is C12H16O3. The Bertz CT molecular complexity index is 302. The molecule has 15 heavy (non-hydrogen) atoms. The van der Waals surface area contributed by atoms with Crippen molar-refractivity contribution >= 4 is 0 Å². The number of benzene rings is 1. The fraction of sp³-hybridized carbons (Fsp3) is 0.500. The number of aliphatic hydroxyl groups is 1. The summed E-state index contributed by atoms with van der Waals surface area (Å²) in [6.07, 6.45) is -0.284. The van der Waals surface area contributed by atoms with Gasteiger partial charge in [-0.2, -0.15) is 0 Å². The van der Waals surface area contributed by atoms with Gasteiger partial charge in [0.2, 0.25) is 0 Å². The summed E-state index contributed by atoms with van der Waals surface area (Å²) in [7, 11) is 0. The van der Waals surface area contributed by atoms with Gasteiger partial charge in [0.15, 0.2) is 0 Å². The number of ether oxygens (including phenoxy) is 2. The second-order valence-corrected chi connectivity index (χ2v) is 3.95. The average Bonchev–Trinajstić information content (AvgIpc) is 2.31. The Morgan fingerprint density at radius 2 is 2.00 bits per heavy atom. The van der Waals surface area contributed by atoms with E-state index >= 15 is 0 Å². The summed E-state index contributed by atoms with van der Waals surface area (Å²) in [5, 5.41) is 10.4. The van der Waals surface area contributed by atoms with Crippen LogP contribution in [0.4, 0.5) is 0 Å². The number of hydrogen-bond acceptors (Lipinski definition) is 3. The lowest BCUT2D eigenvalue weighted by molar-refractivity contribution is -0.172. The summed E-state index contributed by atoms with van der Waals surface area (Å²) < 4.78 is 10.8. The van der Waals surface area contributed by atoms with Gasteiger partial charge >= 0.3 is 0 Å². The van der Waals surface area contributed by atoms with Crippen molar-refractivity contribution in [3.8, 4) is 0 Å². The Balaban J connectivity index is 2.18. The van der Waals surface area contributed by atoms with Crippen LogP contribution in [0.15, 0.2) is 30.3 Å². The first-order valence-corrected chi connectivity index (χ1v) is 5.18. The minimum atomic E-state index is -0.984. The van der Waals surface area contributed by atoms with Gasteiger partial charge in [-0.05, 0) is 12.5 Å². The monoisotopic (exact) mass is 208 g/mol. The van der Waals surface area contributed by atoms with Gasteiger partial charge < -0.3 is 14.6 Å². The third-order valence-corrected chi connectivity index (χ3v) is 2.80. The highest BCUT2D eigenvalue weighted by atomic mass is 16.6. The molecule has 0 amide bonds. The molecule has 2 atom stereocenters. The van der Waals surface area contributed by atoms with E-state index in [1.807, 2.05) is 30.3 Å². The SMILES string of the molecule is C[C@](O)(c1ccccc1)[C@H]1COCCO1. The van der Waals surface area contributed by atoms with E-state index < -0.39 is 5.60 Å². The number of hydrogen-bond donors (Lipinski definition) is 1. The van der Waals surface area contributed by atoms with Gasteiger partial charge in [-0.3, -0.25) is 0 Å². The molecule has 1 aliphatic rings. The zero-order valence-corrected chi connectivity index (χ0v) is 8.85. The summed E-state index contributed by atoms with van der Waals surface area (Å²) in [4.78, 5) is 0. The molecule has 0 spiro atoms.